The third kappa shape index (κ3) is 1.05. The van der Waals surface area contributed by atoms with Crippen molar-refractivity contribution in [3.05, 3.63) is 29.6 Å². The molecule has 0 aromatic heterocycles. The van der Waals surface area contributed by atoms with Crippen LogP contribution in [0.25, 0.3) is 0 Å². The summed E-state index contributed by atoms with van der Waals surface area (Å²) in [5.41, 5.74) is 0.889. The number of hydrogen-bond donors (Lipinski definition) is 1. The summed E-state index contributed by atoms with van der Waals surface area (Å²) in [6, 6.07) is 4.43. The fraction of sp³-hybridized carbons (Fsp3) is 0.364. The van der Waals surface area contributed by atoms with Gasteiger partial charge in [0.15, 0.2) is 0 Å². The van der Waals surface area contributed by atoms with E-state index in [9.17, 15) is 9.18 Å². The van der Waals surface area contributed by atoms with E-state index in [0.29, 0.717) is 25.3 Å². The maximum absolute atomic E-state index is 13.0. The second-order valence-corrected chi connectivity index (χ2v) is 4.03. The minimum Gasteiger partial charge on any atom is -0.380 e. The number of nitrogens with one attached hydrogen (secondary N) is 1. The summed E-state index contributed by atoms with van der Waals surface area (Å²) >= 11 is 0. The molecule has 1 unspecified atom stereocenters. The topological polar surface area (TPSA) is 38.3 Å². The van der Waals surface area contributed by atoms with Gasteiger partial charge in [-0.3, -0.25) is 4.79 Å². The average molecular weight is 207 g/mol. The van der Waals surface area contributed by atoms with Gasteiger partial charge in [0.2, 0.25) is 5.91 Å². The van der Waals surface area contributed by atoms with Gasteiger partial charge in [-0.1, -0.05) is 6.07 Å². The maximum atomic E-state index is 13.0. The number of rotatable bonds is 0. The molecule has 0 radical (unpaired) electrons. The molecule has 1 aromatic rings. The monoisotopic (exact) mass is 207 g/mol. The lowest BCUT2D eigenvalue weighted by atomic mass is 9.81. The molecule has 1 fully saturated rings. The summed E-state index contributed by atoms with van der Waals surface area (Å²) in [6.07, 6.45) is 0.678. The number of carbonyl (C=O) groups excluding carboxylic acids is 1. The van der Waals surface area contributed by atoms with Gasteiger partial charge in [-0.25, -0.2) is 4.39 Å². The lowest BCUT2D eigenvalue weighted by Crippen LogP contribution is -2.34. The molecule has 4 heteroatoms. The Hall–Kier alpha value is -1.42. The third-order valence-electron chi connectivity index (χ3n) is 3.20. The minimum atomic E-state index is -0.566. The van der Waals surface area contributed by atoms with Crippen LogP contribution in [-0.4, -0.2) is 19.1 Å². The Kier molecular flexibility index (Phi) is 1.65. The van der Waals surface area contributed by atoms with Gasteiger partial charge in [0.1, 0.15) is 11.2 Å². The van der Waals surface area contributed by atoms with E-state index in [0.717, 1.165) is 5.56 Å². The van der Waals surface area contributed by atoms with E-state index in [1.165, 1.54) is 12.1 Å². The van der Waals surface area contributed by atoms with Crippen molar-refractivity contribution in [1.82, 2.24) is 0 Å². The molecule has 2 aliphatic rings. The van der Waals surface area contributed by atoms with Gasteiger partial charge in [-0.15, -0.1) is 0 Å². The summed E-state index contributed by atoms with van der Waals surface area (Å²) in [4.78, 5) is 11.9. The molecular weight excluding hydrogens is 197 g/mol. The first-order valence-corrected chi connectivity index (χ1v) is 4.92. The van der Waals surface area contributed by atoms with Gasteiger partial charge in [-0.2, -0.15) is 0 Å². The van der Waals surface area contributed by atoms with Gasteiger partial charge in [-0.05, 0) is 24.1 Å². The molecule has 0 saturated carbocycles. The van der Waals surface area contributed by atoms with Gasteiger partial charge in [0.25, 0.3) is 0 Å². The number of carbonyl (C=O) groups is 1. The van der Waals surface area contributed by atoms with Crippen molar-refractivity contribution >= 4 is 11.6 Å². The summed E-state index contributed by atoms with van der Waals surface area (Å²) in [5.74, 6) is -0.398. The highest BCUT2D eigenvalue weighted by molar-refractivity contribution is 6.06. The standard InChI is InChI=1S/C11H10FNO2/c12-7-1-2-8-9(5-7)13-10(14)11(8)3-4-15-6-11/h1-2,5H,3-4,6H2,(H,13,14). The van der Waals surface area contributed by atoms with Crippen molar-refractivity contribution in [3.63, 3.8) is 0 Å². The highest BCUT2D eigenvalue weighted by Crippen LogP contribution is 2.43. The van der Waals surface area contributed by atoms with Crippen LogP contribution in [0.4, 0.5) is 10.1 Å². The molecule has 78 valence electrons. The predicted octanol–water partition coefficient (Wildman–Crippen LogP) is 1.44. The molecule has 3 nitrogen and oxygen atoms in total. The van der Waals surface area contributed by atoms with Crippen molar-refractivity contribution in [2.75, 3.05) is 18.5 Å². The molecule has 1 amide bonds. The maximum Gasteiger partial charge on any atom is 0.237 e. The first-order valence-electron chi connectivity index (χ1n) is 4.92. The van der Waals surface area contributed by atoms with Gasteiger partial charge < -0.3 is 10.1 Å². The Morgan fingerprint density at radius 1 is 1.47 bits per heavy atom. The van der Waals surface area contributed by atoms with Crippen LogP contribution >= 0.6 is 0 Å². The van der Waals surface area contributed by atoms with Crippen LogP contribution in [-0.2, 0) is 14.9 Å². The summed E-state index contributed by atoms with van der Waals surface area (Å²) in [5, 5.41) is 2.71. The Morgan fingerprint density at radius 2 is 2.33 bits per heavy atom. The average Bonchev–Trinajstić information content (AvgIpc) is 2.76. The Bertz CT molecular complexity index is 438. The molecule has 1 aromatic carbocycles. The van der Waals surface area contributed by atoms with E-state index in [1.54, 1.807) is 6.07 Å². The Labute approximate surface area is 86.2 Å². The Balaban J connectivity index is 2.17. The lowest BCUT2D eigenvalue weighted by molar-refractivity contribution is -0.120. The van der Waals surface area contributed by atoms with Crippen LogP contribution in [0.1, 0.15) is 12.0 Å². The normalized spacial score (nSPS) is 28.2. The Morgan fingerprint density at radius 3 is 3.07 bits per heavy atom. The molecule has 15 heavy (non-hydrogen) atoms. The van der Waals surface area contributed by atoms with Crippen molar-refractivity contribution in [1.29, 1.82) is 0 Å². The minimum absolute atomic E-state index is 0.0689. The van der Waals surface area contributed by atoms with Crippen molar-refractivity contribution in [3.8, 4) is 0 Å². The smallest absolute Gasteiger partial charge is 0.237 e. The summed E-state index contributed by atoms with van der Waals surface area (Å²) < 4.78 is 18.3. The number of anilines is 1. The second-order valence-electron chi connectivity index (χ2n) is 4.03. The SMILES string of the molecule is O=C1Nc2cc(F)ccc2C12CCOC2. The van der Waals surface area contributed by atoms with E-state index in [-0.39, 0.29) is 11.7 Å². The summed E-state index contributed by atoms with van der Waals surface area (Å²) in [6.45, 7) is 0.988. The van der Waals surface area contributed by atoms with Gasteiger partial charge in [0.05, 0.1) is 6.61 Å². The number of hydrogen-bond acceptors (Lipinski definition) is 2. The van der Waals surface area contributed by atoms with Crippen molar-refractivity contribution in [2.45, 2.75) is 11.8 Å². The number of ether oxygens (including phenoxy) is 1. The van der Waals surface area contributed by atoms with E-state index in [1.807, 2.05) is 0 Å². The van der Waals surface area contributed by atoms with Crippen LogP contribution < -0.4 is 5.32 Å². The molecule has 2 heterocycles. The van der Waals surface area contributed by atoms with Crippen LogP contribution in [0.15, 0.2) is 18.2 Å². The molecular formula is C11H10FNO2. The van der Waals surface area contributed by atoms with Gasteiger partial charge >= 0.3 is 0 Å². The largest absolute Gasteiger partial charge is 0.380 e. The molecule has 1 atom stereocenters. The zero-order chi connectivity index (χ0) is 10.5. The fourth-order valence-electron chi connectivity index (χ4n) is 2.36. The van der Waals surface area contributed by atoms with Crippen LogP contribution in [0.3, 0.4) is 0 Å². The lowest BCUT2D eigenvalue weighted by Gasteiger charge is -2.18. The molecule has 0 bridgehead atoms. The third-order valence-corrected chi connectivity index (χ3v) is 3.20. The van der Waals surface area contributed by atoms with E-state index < -0.39 is 5.41 Å². The zero-order valence-electron chi connectivity index (χ0n) is 8.05. The number of halogens is 1. The van der Waals surface area contributed by atoms with Gasteiger partial charge in [0, 0.05) is 12.3 Å². The molecule has 1 saturated heterocycles. The van der Waals surface area contributed by atoms with Crippen LogP contribution in [0.5, 0.6) is 0 Å². The molecule has 1 spiro atoms. The number of benzene rings is 1. The van der Waals surface area contributed by atoms with Crippen molar-refractivity contribution < 1.29 is 13.9 Å². The van der Waals surface area contributed by atoms with E-state index in [4.69, 9.17) is 4.74 Å². The quantitative estimate of drug-likeness (QED) is 0.699. The zero-order valence-corrected chi connectivity index (χ0v) is 8.05. The highest BCUT2D eigenvalue weighted by Gasteiger charge is 2.49. The van der Waals surface area contributed by atoms with Crippen LogP contribution in [0.2, 0.25) is 0 Å². The van der Waals surface area contributed by atoms with Crippen molar-refractivity contribution in [2.24, 2.45) is 0 Å². The molecule has 2 aliphatic heterocycles. The molecule has 3 rings (SSSR count). The van der Waals surface area contributed by atoms with E-state index >= 15 is 0 Å². The highest BCUT2D eigenvalue weighted by atomic mass is 19.1. The first kappa shape index (κ1) is 8.85. The predicted molar refractivity (Wildman–Crippen MR) is 52.1 cm³/mol. The molecule has 0 aliphatic carbocycles. The first-order chi connectivity index (χ1) is 7.22. The summed E-state index contributed by atoms with van der Waals surface area (Å²) in [7, 11) is 0. The van der Waals surface area contributed by atoms with E-state index in [2.05, 4.69) is 5.32 Å². The van der Waals surface area contributed by atoms with Crippen LogP contribution in [0, 0.1) is 5.82 Å². The number of amides is 1. The number of fused-ring (bicyclic) bond motifs is 2. The molecule has 1 N–H and O–H groups in total. The second kappa shape index (κ2) is 2.79. The fourth-order valence-corrected chi connectivity index (χ4v) is 2.36.